The van der Waals surface area contributed by atoms with E-state index < -0.39 is 17.8 Å². The second kappa shape index (κ2) is 12.1. The number of aromatic nitrogens is 4. The molecule has 2 fully saturated rings. The van der Waals surface area contributed by atoms with E-state index in [1.807, 2.05) is 30.3 Å². The minimum atomic E-state index is -1.01. The first-order valence-corrected chi connectivity index (χ1v) is 14.3. The molecule has 224 valence electrons. The summed E-state index contributed by atoms with van der Waals surface area (Å²) in [5.74, 6) is 0.150. The molecule has 0 unspecified atom stereocenters. The largest absolute Gasteiger partial charge is 0.497 e. The lowest BCUT2D eigenvalue weighted by Gasteiger charge is -2.30. The number of benzene rings is 1. The van der Waals surface area contributed by atoms with Gasteiger partial charge in [0.05, 0.1) is 30.9 Å². The first-order chi connectivity index (χ1) is 20.9. The van der Waals surface area contributed by atoms with Gasteiger partial charge in [-0.05, 0) is 62.3 Å². The van der Waals surface area contributed by atoms with Crippen LogP contribution in [0.5, 0.6) is 5.75 Å². The molecule has 43 heavy (non-hydrogen) atoms. The third kappa shape index (κ3) is 6.45. The number of rotatable bonds is 10. The quantitative estimate of drug-likeness (QED) is 0.207. The van der Waals surface area contributed by atoms with Crippen molar-refractivity contribution >= 4 is 34.8 Å². The van der Waals surface area contributed by atoms with Gasteiger partial charge in [-0.3, -0.25) is 9.78 Å². The molecule has 0 atom stereocenters. The monoisotopic (exact) mass is 588 g/mol. The maximum absolute atomic E-state index is 14.3. The van der Waals surface area contributed by atoms with Crippen LogP contribution in [0, 0.1) is 5.82 Å². The maximum atomic E-state index is 14.3. The minimum absolute atomic E-state index is 0.00953. The number of methoxy groups -OCH3 is 1. The fourth-order valence-corrected chi connectivity index (χ4v) is 5.54. The number of carboxylic acid groups (broad SMARTS) is 1. The van der Waals surface area contributed by atoms with E-state index in [2.05, 4.69) is 30.8 Å². The number of pyridine rings is 1. The molecule has 3 heterocycles. The predicted octanol–water partition coefficient (Wildman–Crippen LogP) is 4.68. The van der Waals surface area contributed by atoms with Crippen molar-refractivity contribution in [1.82, 2.24) is 24.9 Å². The van der Waals surface area contributed by atoms with Crippen LogP contribution in [-0.4, -0.2) is 61.9 Å². The molecule has 2 aliphatic carbocycles. The molecular weight excluding hydrogens is 555 g/mol. The number of hydrogen-bond donors (Lipinski definition) is 4. The van der Waals surface area contributed by atoms with Gasteiger partial charge in [0.2, 0.25) is 0 Å². The summed E-state index contributed by atoms with van der Waals surface area (Å²) < 4.78 is 21.1. The summed E-state index contributed by atoms with van der Waals surface area (Å²) in [6, 6.07) is 11.6. The molecule has 13 heteroatoms. The maximum Gasteiger partial charge on any atom is 0.404 e. The molecule has 0 spiro atoms. The standard InChI is InChI=1S/C30H33FN8O4/c1-43-22-10-2-18(3-11-22)17-38(21-8-9-21)25-14-27(34-19-4-6-20(7-5-19)35-30(41)42)37-39-26(16-33-28(25)39)29(40)36-24-12-13-32-15-23(24)31/h2-3,10-16,19-21,35H,4-9,17H2,1H3,(H,34,37)(H,41,42)(H,32,36,40). The topological polar surface area (TPSA) is 146 Å². The van der Waals surface area contributed by atoms with Crippen LogP contribution in [0.1, 0.15) is 54.6 Å². The fraction of sp³-hybridized carbons (Fsp3) is 0.367. The Labute approximate surface area is 247 Å². The molecule has 6 rings (SSSR count). The van der Waals surface area contributed by atoms with Crippen molar-refractivity contribution in [2.24, 2.45) is 0 Å². The van der Waals surface area contributed by atoms with Crippen LogP contribution in [0.3, 0.4) is 0 Å². The summed E-state index contributed by atoms with van der Waals surface area (Å²) in [6.07, 6.45) is 7.88. The molecule has 0 aliphatic heterocycles. The Morgan fingerprint density at radius 1 is 1.07 bits per heavy atom. The molecule has 4 N–H and O–H groups in total. The molecule has 2 amide bonds. The van der Waals surface area contributed by atoms with Crippen LogP contribution in [-0.2, 0) is 6.54 Å². The van der Waals surface area contributed by atoms with Crippen LogP contribution in [0.4, 0.5) is 26.4 Å². The van der Waals surface area contributed by atoms with Gasteiger partial charge in [-0.1, -0.05) is 12.1 Å². The average Bonchev–Trinajstić information content (AvgIpc) is 3.76. The molecule has 2 saturated carbocycles. The van der Waals surface area contributed by atoms with E-state index in [-0.39, 0.29) is 23.5 Å². The van der Waals surface area contributed by atoms with Crippen molar-refractivity contribution in [2.45, 2.75) is 63.2 Å². The number of fused-ring (bicyclic) bond motifs is 1. The number of amides is 2. The number of nitrogens with zero attached hydrogens (tertiary/aromatic N) is 5. The van der Waals surface area contributed by atoms with E-state index in [0.29, 0.717) is 36.9 Å². The van der Waals surface area contributed by atoms with Crippen molar-refractivity contribution in [1.29, 1.82) is 0 Å². The smallest absolute Gasteiger partial charge is 0.404 e. The van der Waals surface area contributed by atoms with Crippen molar-refractivity contribution in [2.75, 3.05) is 22.6 Å². The SMILES string of the molecule is COc1ccc(CN(c2cc(NC3CCC(NC(=O)O)CC3)nn3c(C(=O)Nc4ccncc4F)cnc23)C2CC2)cc1. The summed E-state index contributed by atoms with van der Waals surface area (Å²) in [5.41, 5.74) is 2.60. The normalized spacial score (nSPS) is 18.2. The Bertz CT molecular complexity index is 1620. The van der Waals surface area contributed by atoms with E-state index in [9.17, 15) is 14.0 Å². The van der Waals surface area contributed by atoms with Crippen molar-refractivity contribution < 1.29 is 23.8 Å². The Hall–Kier alpha value is -4.94. The third-order valence-corrected chi connectivity index (χ3v) is 7.92. The van der Waals surface area contributed by atoms with Gasteiger partial charge < -0.3 is 30.7 Å². The second-order valence-corrected chi connectivity index (χ2v) is 11.0. The number of hydrogen-bond acceptors (Lipinski definition) is 8. The number of carbonyl (C=O) groups is 2. The summed E-state index contributed by atoms with van der Waals surface area (Å²) in [4.78, 5) is 35.1. The number of ether oxygens (including phenoxy) is 1. The van der Waals surface area contributed by atoms with Gasteiger partial charge in [-0.15, -0.1) is 5.10 Å². The Kier molecular flexibility index (Phi) is 7.95. The molecule has 2 aliphatic rings. The van der Waals surface area contributed by atoms with Gasteiger partial charge in [0, 0.05) is 36.9 Å². The summed E-state index contributed by atoms with van der Waals surface area (Å²) in [6.45, 7) is 0.621. The lowest BCUT2D eigenvalue weighted by Crippen LogP contribution is -2.39. The third-order valence-electron chi connectivity index (χ3n) is 7.92. The van der Waals surface area contributed by atoms with E-state index in [0.717, 1.165) is 48.9 Å². The van der Waals surface area contributed by atoms with Gasteiger partial charge in [-0.25, -0.2) is 18.7 Å². The van der Waals surface area contributed by atoms with Crippen LogP contribution in [0.15, 0.2) is 55.0 Å². The van der Waals surface area contributed by atoms with E-state index in [4.69, 9.17) is 14.9 Å². The first kappa shape index (κ1) is 28.2. The molecule has 4 aromatic rings. The minimum Gasteiger partial charge on any atom is -0.497 e. The molecule has 0 radical (unpaired) electrons. The lowest BCUT2D eigenvalue weighted by molar-refractivity contribution is 0.101. The number of anilines is 3. The van der Waals surface area contributed by atoms with E-state index in [1.165, 1.54) is 23.0 Å². The zero-order chi connectivity index (χ0) is 29.9. The van der Waals surface area contributed by atoms with E-state index >= 15 is 0 Å². The number of carbonyl (C=O) groups excluding carboxylic acids is 1. The zero-order valence-electron chi connectivity index (χ0n) is 23.7. The van der Waals surface area contributed by atoms with Crippen molar-refractivity contribution in [3.63, 3.8) is 0 Å². The van der Waals surface area contributed by atoms with Gasteiger partial charge in [0.1, 0.15) is 11.6 Å². The van der Waals surface area contributed by atoms with Crippen LogP contribution in [0.2, 0.25) is 0 Å². The van der Waals surface area contributed by atoms with Crippen LogP contribution >= 0.6 is 0 Å². The molecule has 1 aromatic carbocycles. The Morgan fingerprint density at radius 2 is 1.81 bits per heavy atom. The molecule has 0 saturated heterocycles. The fourth-order valence-electron chi connectivity index (χ4n) is 5.54. The van der Waals surface area contributed by atoms with Gasteiger partial charge in [-0.2, -0.15) is 0 Å². The zero-order valence-corrected chi connectivity index (χ0v) is 23.7. The Morgan fingerprint density at radius 3 is 2.49 bits per heavy atom. The van der Waals surface area contributed by atoms with Gasteiger partial charge in [0.15, 0.2) is 17.2 Å². The highest BCUT2D eigenvalue weighted by Gasteiger charge is 2.32. The molecule has 3 aromatic heterocycles. The van der Waals surface area contributed by atoms with Crippen molar-refractivity contribution in [3.05, 3.63) is 72.1 Å². The van der Waals surface area contributed by atoms with Crippen LogP contribution < -0.4 is 25.6 Å². The first-order valence-electron chi connectivity index (χ1n) is 14.3. The summed E-state index contributed by atoms with van der Waals surface area (Å²) >= 11 is 0. The number of halogens is 1. The predicted molar refractivity (Wildman–Crippen MR) is 158 cm³/mol. The van der Waals surface area contributed by atoms with Crippen LogP contribution in [0.25, 0.3) is 5.65 Å². The summed E-state index contributed by atoms with van der Waals surface area (Å²) in [7, 11) is 1.64. The second-order valence-electron chi connectivity index (χ2n) is 11.0. The van der Waals surface area contributed by atoms with Gasteiger partial charge >= 0.3 is 6.09 Å². The van der Waals surface area contributed by atoms with E-state index in [1.54, 1.807) is 7.11 Å². The lowest BCUT2D eigenvalue weighted by atomic mass is 9.91. The highest BCUT2D eigenvalue weighted by molar-refractivity contribution is 6.03. The summed E-state index contributed by atoms with van der Waals surface area (Å²) in [5, 5.41) is 22.5. The molecule has 0 bridgehead atoms. The number of nitrogens with one attached hydrogen (secondary N) is 3. The average molecular weight is 589 g/mol. The highest BCUT2D eigenvalue weighted by Crippen LogP contribution is 2.37. The molecule has 12 nitrogen and oxygen atoms in total. The number of imidazole rings is 1. The van der Waals surface area contributed by atoms with Crippen molar-refractivity contribution in [3.8, 4) is 5.75 Å². The highest BCUT2D eigenvalue weighted by atomic mass is 19.1. The van der Waals surface area contributed by atoms with Gasteiger partial charge in [0.25, 0.3) is 5.91 Å². The Balaban J connectivity index is 1.34. The molecular formula is C30H33FN8O4.